The average molecular weight is 498 g/mol. The Kier molecular flexibility index (Phi) is 7.65. The summed E-state index contributed by atoms with van der Waals surface area (Å²) in [5.41, 5.74) is 4.44. The van der Waals surface area contributed by atoms with Gasteiger partial charge in [0.1, 0.15) is 24.5 Å². The van der Waals surface area contributed by atoms with Crippen molar-refractivity contribution in [3.63, 3.8) is 0 Å². The number of quaternary nitrogens is 1. The number of nitrogens with one attached hydrogen (secondary N) is 2. The van der Waals surface area contributed by atoms with Crippen LogP contribution in [0.4, 0.5) is 21.6 Å². The quantitative estimate of drug-likeness (QED) is 0.328. The zero-order valence-corrected chi connectivity index (χ0v) is 21.0. The van der Waals surface area contributed by atoms with Gasteiger partial charge in [0, 0.05) is 28.1 Å². The molecule has 2 heterocycles. The molecule has 1 aliphatic rings. The van der Waals surface area contributed by atoms with E-state index in [0.29, 0.717) is 0 Å². The molecule has 0 radical (unpaired) electrons. The highest BCUT2D eigenvalue weighted by Crippen LogP contribution is 2.34. The molecule has 0 spiro atoms. The molecule has 5 nitrogen and oxygen atoms in total. The van der Waals surface area contributed by atoms with Crippen LogP contribution in [0.1, 0.15) is 24.2 Å². The van der Waals surface area contributed by atoms with E-state index in [2.05, 4.69) is 52.7 Å². The largest absolute Gasteiger partial charge is 1.00 e. The van der Waals surface area contributed by atoms with Crippen LogP contribution in [0.5, 0.6) is 0 Å². The van der Waals surface area contributed by atoms with Crippen molar-refractivity contribution >= 4 is 44.3 Å². The van der Waals surface area contributed by atoms with E-state index in [0.717, 1.165) is 56.5 Å². The summed E-state index contributed by atoms with van der Waals surface area (Å²) in [7, 11) is 2.35. The lowest BCUT2D eigenvalue weighted by Gasteiger charge is -2.33. The van der Waals surface area contributed by atoms with E-state index < -0.39 is 0 Å². The second-order valence-corrected chi connectivity index (χ2v) is 10.5. The number of aromatic nitrogens is 2. The molecule has 33 heavy (non-hydrogen) atoms. The summed E-state index contributed by atoms with van der Waals surface area (Å²) in [6.45, 7) is 3.02. The number of hydrogen-bond acceptors (Lipinski definition) is 6. The fourth-order valence-corrected chi connectivity index (χ4v) is 5.50. The number of hydrogen-bond donors (Lipinski definition) is 2. The molecule has 4 aromatic rings. The topological polar surface area (TPSA) is 49.8 Å². The maximum Gasteiger partial charge on any atom is 0.187 e. The molecule has 0 aliphatic heterocycles. The van der Waals surface area contributed by atoms with E-state index in [4.69, 9.17) is 9.97 Å². The van der Waals surface area contributed by atoms with E-state index in [9.17, 15) is 0 Å². The molecule has 1 fully saturated rings. The van der Waals surface area contributed by atoms with Crippen LogP contribution >= 0.6 is 22.7 Å². The van der Waals surface area contributed by atoms with Crippen molar-refractivity contribution in [1.29, 1.82) is 0 Å². The number of rotatable bonds is 10. The predicted octanol–water partition coefficient (Wildman–Crippen LogP) is 3.65. The van der Waals surface area contributed by atoms with Gasteiger partial charge in [-0.2, -0.15) is 0 Å². The van der Waals surface area contributed by atoms with Crippen LogP contribution in [-0.2, 0) is 13.1 Å². The molecule has 2 N–H and O–H groups in total. The summed E-state index contributed by atoms with van der Waals surface area (Å²) in [5.74, 6) is 0.834. The van der Waals surface area contributed by atoms with Crippen LogP contribution in [0.15, 0.2) is 71.4 Å². The maximum absolute atomic E-state index is 4.88. The van der Waals surface area contributed by atoms with Crippen molar-refractivity contribution in [2.45, 2.75) is 25.9 Å². The van der Waals surface area contributed by atoms with E-state index >= 15 is 0 Å². The van der Waals surface area contributed by atoms with Crippen LogP contribution < -0.4 is 23.0 Å². The third-order valence-electron chi connectivity index (χ3n) is 5.64. The molecule has 1 saturated carbocycles. The monoisotopic (exact) mass is 497 g/mol. The minimum Gasteiger partial charge on any atom is -1.00 e. The van der Waals surface area contributed by atoms with Crippen molar-refractivity contribution < 1.29 is 16.9 Å². The van der Waals surface area contributed by atoms with E-state index in [1.165, 1.54) is 19.4 Å². The highest BCUT2D eigenvalue weighted by Gasteiger charge is 2.34. The van der Waals surface area contributed by atoms with Crippen LogP contribution in [0.3, 0.4) is 0 Å². The number of para-hydroxylation sites is 2. The van der Waals surface area contributed by atoms with Gasteiger partial charge in [0.25, 0.3) is 0 Å². The molecule has 8 heteroatoms. The molecule has 0 unspecified atom stereocenters. The fourth-order valence-electron chi connectivity index (χ4n) is 4.05. The second kappa shape index (κ2) is 10.7. The first-order valence-corrected chi connectivity index (χ1v) is 12.8. The molecule has 1 aliphatic carbocycles. The van der Waals surface area contributed by atoms with Gasteiger partial charge in [0.2, 0.25) is 0 Å². The van der Waals surface area contributed by atoms with Gasteiger partial charge in [0.15, 0.2) is 10.3 Å². The minimum absolute atomic E-state index is 0. The lowest BCUT2D eigenvalue weighted by atomic mass is 10.2. The Bertz CT molecular complexity index is 1060. The first kappa shape index (κ1) is 23.7. The second-order valence-electron chi connectivity index (χ2n) is 8.83. The van der Waals surface area contributed by atoms with Gasteiger partial charge < -0.3 is 27.5 Å². The van der Waals surface area contributed by atoms with Gasteiger partial charge in [-0.25, -0.2) is 9.97 Å². The zero-order valence-electron chi connectivity index (χ0n) is 18.6. The number of halogens is 1. The Labute approximate surface area is 209 Å². The fraction of sp³-hybridized carbons (Fsp3) is 0.280. The molecule has 0 amide bonds. The molecule has 0 bridgehead atoms. The molecule has 5 rings (SSSR count). The van der Waals surface area contributed by atoms with Gasteiger partial charge >= 0.3 is 0 Å². The van der Waals surface area contributed by atoms with Gasteiger partial charge in [-0.1, -0.05) is 36.4 Å². The van der Waals surface area contributed by atoms with Crippen molar-refractivity contribution in [2.75, 3.05) is 24.2 Å². The number of benzene rings is 2. The number of thiazole rings is 2. The predicted molar refractivity (Wildman–Crippen MR) is 135 cm³/mol. The Morgan fingerprint density at radius 2 is 1.24 bits per heavy atom. The summed E-state index contributed by atoms with van der Waals surface area (Å²) in [4.78, 5) is 9.77. The van der Waals surface area contributed by atoms with Crippen molar-refractivity contribution in [3.05, 3.63) is 82.8 Å². The van der Waals surface area contributed by atoms with Crippen molar-refractivity contribution in [1.82, 2.24) is 9.97 Å². The Morgan fingerprint density at radius 3 is 1.67 bits per heavy atom. The molecule has 2 aromatic carbocycles. The molecule has 0 saturated heterocycles. The first-order valence-electron chi connectivity index (χ1n) is 11.0. The minimum atomic E-state index is 0. The summed E-state index contributed by atoms with van der Waals surface area (Å²) in [6.07, 6.45) is 2.70. The van der Waals surface area contributed by atoms with Crippen LogP contribution in [0.2, 0.25) is 0 Å². The maximum atomic E-state index is 4.88. The number of nitrogens with zero attached hydrogens (tertiary/aromatic N) is 3. The standard InChI is InChI=1S/C25H28N5S2.ClH/c1-30(14-19-12-13-19,15-22-17-31-24(28-22)26-20-8-4-2-5-9-20)16-23-18-32-25(29-23)27-21-10-6-3-7-11-21;/h2-11,17-19H,12-16H2,1H3,(H,26,28)(H,27,29);1H/q+1;/p-1. The van der Waals surface area contributed by atoms with Gasteiger partial charge in [-0.3, -0.25) is 0 Å². The third kappa shape index (κ3) is 6.77. The van der Waals surface area contributed by atoms with Crippen LogP contribution in [-0.4, -0.2) is 28.0 Å². The summed E-state index contributed by atoms with van der Waals surface area (Å²) >= 11 is 3.35. The molecule has 0 atom stereocenters. The Hall–Kier alpha value is -2.45. The molecule has 172 valence electrons. The lowest BCUT2D eigenvalue weighted by Crippen LogP contribution is -3.00. The van der Waals surface area contributed by atoms with E-state index in [1.807, 2.05) is 36.4 Å². The number of anilines is 4. The van der Waals surface area contributed by atoms with E-state index in [1.54, 1.807) is 22.7 Å². The highest BCUT2D eigenvalue weighted by atomic mass is 35.5. The van der Waals surface area contributed by atoms with Gasteiger partial charge in [0.05, 0.1) is 13.6 Å². The molecular weight excluding hydrogens is 470 g/mol. The molecular formula is C25H28ClN5S2. The van der Waals surface area contributed by atoms with Crippen LogP contribution in [0, 0.1) is 5.92 Å². The van der Waals surface area contributed by atoms with E-state index in [-0.39, 0.29) is 12.4 Å². The summed E-state index contributed by atoms with van der Waals surface area (Å²) in [6, 6.07) is 20.5. The Balaban J connectivity index is 0.00000259. The van der Waals surface area contributed by atoms with Gasteiger partial charge in [-0.15, -0.1) is 22.7 Å². The third-order valence-corrected chi connectivity index (χ3v) is 7.25. The highest BCUT2D eigenvalue weighted by molar-refractivity contribution is 7.14. The summed E-state index contributed by atoms with van der Waals surface area (Å²) < 4.78 is 0.938. The summed E-state index contributed by atoms with van der Waals surface area (Å²) in [5, 5.41) is 13.1. The smallest absolute Gasteiger partial charge is 0.187 e. The normalized spacial score (nSPS) is 13.4. The van der Waals surface area contributed by atoms with Crippen molar-refractivity contribution in [3.8, 4) is 0 Å². The van der Waals surface area contributed by atoms with Crippen LogP contribution in [0.25, 0.3) is 0 Å². The zero-order chi connectivity index (χ0) is 21.8. The lowest BCUT2D eigenvalue weighted by molar-refractivity contribution is -0.937. The van der Waals surface area contributed by atoms with Gasteiger partial charge in [-0.05, 0) is 37.1 Å². The first-order chi connectivity index (χ1) is 15.6. The SMILES string of the molecule is C[N+](Cc1csc(Nc2ccccc2)n1)(Cc1csc(Nc2ccccc2)n1)CC1CC1.[Cl-]. The Morgan fingerprint density at radius 1 is 0.788 bits per heavy atom. The van der Waals surface area contributed by atoms with Crippen molar-refractivity contribution in [2.24, 2.45) is 5.92 Å². The molecule has 2 aromatic heterocycles. The average Bonchev–Trinajstić information content (AvgIpc) is 3.32.